The molecular weight excluding hydrogens is 466 g/mol. The molecule has 2 radical (unpaired) electrons. The van der Waals surface area contributed by atoms with E-state index in [9.17, 15) is 31.0 Å². The van der Waals surface area contributed by atoms with Gasteiger partial charge in [-0.15, -0.1) is 10.2 Å². The standard InChI is InChI=1S/C18H16N2O7S2.2Na/c1-10-8-11(2)17(16(9-10)29(25,26)27)20-19-14-7-6-12-13(18(14)21)4-3-5-15(12)28(22,23)24;;/h3-9,21H,1-2H3,(H,22,23,24)(H,25,26,27);;. The van der Waals surface area contributed by atoms with Crippen LogP contribution in [-0.4, -0.2) is 90.2 Å². The molecule has 0 saturated heterocycles. The number of azo groups is 1. The number of hydrogen-bond donors (Lipinski definition) is 3. The Hall–Kier alpha value is -0.860. The van der Waals surface area contributed by atoms with Crippen LogP contribution >= 0.6 is 0 Å². The Labute approximate surface area is 223 Å². The van der Waals surface area contributed by atoms with Gasteiger partial charge in [-0.1, -0.05) is 24.3 Å². The number of benzene rings is 3. The van der Waals surface area contributed by atoms with E-state index in [-0.39, 0.29) is 86.2 Å². The number of phenolic OH excluding ortho intramolecular Hbond substituents is 1. The first-order chi connectivity index (χ1) is 13.4. The van der Waals surface area contributed by atoms with Crippen LogP contribution in [0.5, 0.6) is 5.75 Å². The van der Waals surface area contributed by atoms with Crippen molar-refractivity contribution in [3.8, 4) is 5.75 Å². The van der Waals surface area contributed by atoms with E-state index in [0.717, 1.165) is 0 Å². The predicted molar refractivity (Wildman–Crippen MR) is 117 cm³/mol. The molecular formula is C18H16N2Na2O7S2. The number of fused-ring (bicyclic) bond motifs is 1. The Kier molecular flexibility index (Phi) is 9.44. The molecule has 0 saturated carbocycles. The van der Waals surface area contributed by atoms with E-state index >= 15 is 0 Å². The van der Waals surface area contributed by atoms with E-state index in [1.807, 2.05) is 0 Å². The van der Waals surface area contributed by atoms with Crippen LogP contribution < -0.4 is 0 Å². The first-order valence-electron chi connectivity index (χ1n) is 8.12. The van der Waals surface area contributed by atoms with Crippen LogP contribution in [0, 0.1) is 13.8 Å². The Morgan fingerprint density at radius 3 is 1.97 bits per heavy atom. The van der Waals surface area contributed by atoms with Crippen molar-refractivity contribution in [2.24, 2.45) is 10.2 Å². The number of rotatable bonds is 4. The first kappa shape index (κ1) is 28.2. The second-order valence-electron chi connectivity index (χ2n) is 6.36. The molecule has 0 aliphatic rings. The van der Waals surface area contributed by atoms with Crippen LogP contribution in [0.4, 0.5) is 11.4 Å². The largest absolute Gasteiger partial charge is 0.505 e. The van der Waals surface area contributed by atoms with Crippen LogP contribution in [0.25, 0.3) is 10.8 Å². The minimum atomic E-state index is -4.56. The molecule has 0 heterocycles. The monoisotopic (exact) mass is 482 g/mol. The fourth-order valence-corrected chi connectivity index (χ4v) is 4.44. The fraction of sp³-hybridized carbons (Fsp3) is 0.111. The van der Waals surface area contributed by atoms with Crippen LogP contribution in [0.3, 0.4) is 0 Å². The maximum Gasteiger partial charge on any atom is 0.296 e. The van der Waals surface area contributed by atoms with E-state index in [2.05, 4.69) is 10.2 Å². The van der Waals surface area contributed by atoms with Crippen molar-refractivity contribution < 1.29 is 31.0 Å². The van der Waals surface area contributed by atoms with Gasteiger partial charge in [0, 0.05) is 69.9 Å². The van der Waals surface area contributed by atoms with Crippen LogP contribution in [-0.2, 0) is 20.2 Å². The number of nitrogens with zero attached hydrogens (tertiary/aromatic N) is 2. The normalized spacial score (nSPS) is 11.9. The van der Waals surface area contributed by atoms with Crippen LogP contribution in [0.2, 0.25) is 0 Å². The average Bonchev–Trinajstić information content (AvgIpc) is 2.60. The van der Waals surface area contributed by atoms with E-state index in [0.29, 0.717) is 11.1 Å². The summed E-state index contributed by atoms with van der Waals surface area (Å²) < 4.78 is 65.1. The molecule has 31 heavy (non-hydrogen) atoms. The number of aryl methyl sites for hydroxylation is 2. The van der Waals surface area contributed by atoms with E-state index in [1.165, 1.54) is 36.4 Å². The topological polar surface area (TPSA) is 154 Å². The number of phenols is 1. The summed E-state index contributed by atoms with van der Waals surface area (Å²) in [5.74, 6) is -0.407. The third kappa shape index (κ3) is 6.14. The summed E-state index contributed by atoms with van der Waals surface area (Å²) in [5.41, 5.74) is 0.881. The summed E-state index contributed by atoms with van der Waals surface area (Å²) in [4.78, 5) is -0.801. The predicted octanol–water partition coefficient (Wildman–Crippen LogP) is 3.31. The van der Waals surface area contributed by atoms with Crippen molar-refractivity contribution in [3.63, 3.8) is 0 Å². The average molecular weight is 482 g/mol. The zero-order valence-electron chi connectivity index (χ0n) is 17.2. The molecule has 0 bridgehead atoms. The molecule has 0 unspecified atom stereocenters. The quantitative estimate of drug-likeness (QED) is 0.293. The van der Waals surface area contributed by atoms with Gasteiger partial charge in [-0.3, -0.25) is 9.11 Å². The summed E-state index contributed by atoms with van der Waals surface area (Å²) in [6.45, 7) is 3.25. The molecule has 0 aliphatic carbocycles. The summed E-state index contributed by atoms with van der Waals surface area (Å²) in [6.07, 6.45) is 0. The van der Waals surface area contributed by atoms with Gasteiger partial charge in [-0.25, -0.2) is 0 Å². The van der Waals surface area contributed by atoms with E-state index < -0.39 is 30.9 Å². The van der Waals surface area contributed by atoms with Gasteiger partial charge in [0.1, 0.15) is 21.2 Å². The molecule has 0 aliphatic heterocycles. The minimum Gasteiger partial charge on any atom is -0.505 e. The molecule has 3 N–H and O–H groups in total. The van der Waals surface area contributed by atoms with Gasteiger partial charge in [0.25, 0.3) is 20.2 Å². The maximum absolute atomic E-state index is 11.7. The molecule has 3 aromatic rings. The summed E-state index contributed by atoms with van der Waals surface area (Å²) >= 11 is 0. The molecule has 3 rings (SSSR count). The van der Waals surface area contributed by atoms with Crippen LogP contribution in [0.1, 0.15) is 11.1 Å². The van der Waals surface area contributed by atoms with Gasteiger partial charge >= 0.3 is 0 Å². The van der Waals surface area contributed by atoms with Crippen molar-refractivity contribution in [2.75, 3.05) is 0 Å². The van der Waals surface area contributed by atoms with Gasteiger partial charge in [0.2, 0.25) is 0 Å². The summed E-state index contributed by atoms with van der Waals surface area (Å²) in [6, 6.07) is 9.46. The van der Waals surface area contributed by atoms with Gasteiger partial charge in [0.15, 0.2) is 5.75 Å². The van der Waals surface area contributed by atoms with Gasteiger partial charge < -0.3 is 5.11 Å². The van der Waals surface area contributed by atoms with E-state index in [1.54, 1.807) is 19.9 Å². The zero-order valence-corrected chi connectivity index (χ0v) is 22.9. The second kappa shape index (κ2) is 10.4. The number of aromatic hydroxyl groups is 1. The Morgan fingerprint density at radius 1 is 0.774 bits per heavy atom. The molecule has 0 fully saturated rings. The second-order valence-corrected chi connectivity index (χ2v) is 9.14. The Balaban J connectivity index is 0.00000240. The molecule has 0 amide bonds. The first-order valence-corrected chi connectivity index (χ1v) is 11.0. The zero-order chi connectivity index (χ0) is 21.6. The molecule has 13 heteroatoms. The molecule has 3 aromatic carbocycles. The maximum atomic E-state index is 11.7. The van der Waals surface area contributed by atoms with Gasteiger partial charge in [-0.05, 0) is 43.2 Å². The fourth-order valence-electron chi connectivity index (χ4n) is 2.96. The van der Waals surface area contributed by atoms with Gasteiger partial charge in [-0.2, -0.15) is 16.8 Å². The van der Waals surface area contributed by atoms with Crippen molar-refractivity contribution in [2.45, 2.75) is 23.6 Å². The third-order valence-electron chi connectivity index (χ3n) is 4.20. The van der Waals surface area contributed by atoms with Crippen molar-refractivity contribution in [1.29, 1.82) is 0 Å². The minimum absolute atomic E-state index is 0. The van der Waals surface area contributed by atoms with Crippen molar-refractivity contribution in [1.82, 2.24) is 0 Å². The van der Waals surface area contributed by atoms with Crippen molar-refractivity contribution >= 4 is 101 Å². The number of hydrogen-bond acceptors (Lipinski definition) is 7. The van der Waals surface area contributed by atoms with Crippen molar-refractivity contribution in [3.05, 3.63) is 53.6 Å². The molecule has 154 valence electrons. The molecule has 0 atom stereocenters. The Morgan fingerprint density at radius 2 is 1.39 bits per heavy atom. The van der Waals surface area contributed by atoms with Gasteiger partial charge in [0.05, 0.1) is 0 Å². The third-order valence-corrected chi connectivity index (χ3v) is 5.97. The van der Waals surface area contributed by atoms with E-state index in [4.69, 9.17) is 0 Å². The molecule has 0 aromatic heterocycles. The summed E-state index contributed by atoms with van der Waals surface area (Å²) in [5, 5.41) is 18.4. The Bertz CT molecular complexity index is 1390. The molecule has 9 nitrogen and oxygen atoms in total. The smallest absolute Gasteiger partial charge is 0.296 e. The summed E-state index contributed by atoms with van der Waals surface area (Å²) in [7, 11) is -9.07. The van der Waals surface area contributed by atoms with Crippen LogP contribution in [0.15, 0.2) is 62.5 Å². The SMILES string of the molecule is Cc1cc(C)c(N=Nc2ccc3c(S(=O)(=O)O)cccc3c2O)c(S(=O)(=O)O)c1.[Na].[Na]. The molecule has 0 spiro atoms.